The number of nitrogens with one attached hydrogen (secondary N) is 1. The van der Waals surface area contributed by atoms with E-state index in [0.29, 0.717) is 24.5 Å². The summed E-state index contributed by atoms with van der Waals surface area (Å²) >= 11 is 0. The number of amides is 2. The van der Waals surface area contributed by atoms with Gasteiger partial charge in [-0.15, -0.1) is 0 Å². The summed E-state index contributed by atoms with van der Waals surface area (Å²) in [6, 6.07) is 5.60. The first-order chi connectivity index (χ1) is 10.5. The van der Waals surface area contributed by atoms with Crippen LogP contribution in [0.2, 0.25) is 0 Å². The molecule has 1 atom stereocenters. The molecule has 1 aromatic carbocycles. The van der Waals surface area contributed by atoms with E-state index in [-0.39, 0.29) is 12.5 Å². The van der Waals surface area contributed by atoms with Gasteiger partial charge in [0, 0.05) is 18.4 Å². The van der Waals surface area contributed by atoms with E-state index in [1.807, 2.05) is 18.2 Å². The molecular weight excluding hydrogens is 280 g/mol. The lowest BCUT2D eigenvalue weighted by Gasteiger charge is -2.22. The molecule has 1 unspecified atom stereocenters. The molecule has 5 nitrogen and oxygen atoms in total. The molecule has 0 radical (unpaired) electrons. The fraction of sp³-hybridized carbons (Fsp3) is 0.412. The van der Waals surface area contributed by atoms with Gasteiger partial charge in [-0.05, 0) is 23.6 Å². The molecule has 1 aliphatic heterocycles. The van der Waals surface area contributed by atoms with Gasteiger partial charge in [-0.25, -0.2) is 0 Å². The number of hydrogen-bond acceptors (Lipinski definition) is 4. The van der Waals surface area contributed by atoms with Crippen LogP contribution < -0.4 is 15.8 Å². The number of hydrogen-bond donors (Lipinski definition) is 2. The third-order valence-electron chi connectivity index (χ3n) is 3.44. The van der Waals surface area contributed by atoms with E-state index in [1.54, 1.807) is 0 Å². The topological polar surface area (TPSA) is 81.4 Å². The monoisotopic (exact) mass is 300 g/mol. The Labute approximate surface area is 130 Å². The maximum atomic E-state index is 11.7. The van der Waals surface area contributed by atoms with Crippen LogP contribution in [-0.4, -0.2) is 24.5 Å². The summed E-state index contributed by atoms with van der Waals surface area (Å²) in [7, 11) is 0. The van der Waals surface area contributed by atoms with Crippen LogP contribution in [-0.2, 0) is 9.59 Å². The predicted octanol–water partition coefficient (Wildman–Crippen LogP) is 1.30. The highest BCUT2D eigenvalue weighted by atomic mass is 16.5. The summed E-state index contributed by atoms with van der Waals surface area (Å²) in [6.45, 7) is 4.46. The van der Waals surface area contributed by atoms with Crippen LogP contribution in [0.15, 0.2) is 18.2 Å². The molecule has 22 heavy (non-hydrogen) atoms. The first-order valence-electron chi connectivity index (χ1n) is 7.34. The zero-order valence-electron chi connectivity index (χ0n) is 12.8. The number of nitrogens with two attached hydrogens (primary N) is 1. The molecule has 2 amide bonds. The van der Waals surface area contributed by atoms with E-state index in [0.717, 1.165) is 11.1 Å². The summed E-state index contributed by atoms with van der Waals surface area (Å²) in [5, 5.41) is 2.28. The second kappa shape index (κ2) is 7.10. The molecule has 0 bridgehead atoms. The van der Waals surface area contributed by atoms with Gasteiger partial charge in [-0.3, -0.25) is 14.9 Å². The fourth-order valence-electron chi connectivity index (χ4n) is 2.32. The number of ether oxygens (including phenoxy) is 1. The van der Waals surface area contributed by atoms with Crippen molar-refractivity contribution < 1.29 is 14.3 Å². The van der Waals surface area contributed by atoms with Gasteiger partial charge in [0.1, 0.15) is 5.75 Å². The first-order valence-corrected chi connectivity index (χ1v) is 7.34. The van der Waals surface area contributed by atoms with Crippen LogP contribution in [0.1, 0.15) is 43.7 Å². The molecule has 0 spiro atoms. The SMILES string of the molecule is CC(C)c1ccc(OC2CCC(=O)NC2=O)cc1C#CCN. The molecule has 116 valence electrons. The Balaban J connectivity index is 2.21. The molecule has 1 saturated heterocycles. The highest BCUT2D eigenvalue weighted by molar-refractivity contribution is 5.99. The van der Waals surface area contributed by atoms with Gasteiger partial charge >= 0.3 is 0 Å². The Kier molecular flexibility index (Phi) is 5.18. The van der Waals surface area contributed by atoms with Gasteiger partial charge in [0.25, 0.3) is 5.91 Å². The van der Waals surface area contributed by atoms with Gasteiger partial charge < -0.3 is 10.5 Å². The molecule has 1 aliphatic rings. The molecule has 0 aliphatic carbocycles. The Morgan fingerprint density at radius 2 is 2.18 bits per heavy atom. The fourth-order valence-corrected chi connectivity index (χ4v) is 2.32. The second-order valence-electron chi connectivity index (χ2n) is 5.47. The summed E-state index contributed by atoms with van der Waals surface area (Å²) in [5.41, 5.74) is 7.39. The number of imide groups is 1. The van der Waals surface area contributed by atoms with Gasteiger partial charge in [-0.1, -0.05) is 31.8 Å². The molecule has 1 aromatic rings. The quantitative estimate of drug-likeness (QED) is 0.651. The minimum Gasteiger partial charge on any atom is -0.481 e. The summed E-state index contributed by atoms with van der Waals surface area (Å²) in [4.78, 5) is 22.9. The lowest BCUT2D eigenvalue weighted by Crippen LogP contribution is -2.46. The van der Waals surface area contributed by atoms with E-state index in [4.69, 9.17) is 10.5 Å². The molecule has 3 N–H and O–H groups in total. The average Bonchev–Trinajstić information content (AvgIpc) is 2.48. The number of rotatable bonds is 3. The van der Waals surface area contributed by atoms with Crippen LogP contribution >= 0.6 is 0 Å². The maximum absolute atomic E-state index is 11.7. The summed E-state index contributed by atoms with van der Waals surface area (Å²) in [6.07, 6.45) is 0.0405. The molecule has 0 saturated carbocycles. The van der Waals surface area contributed by atoms with E-state index in [2.05, 4.69) is 31.0 Å². The van der Waals surface area contributed by atoms with Crippen LogP contribution in [0, 0.1) is 11.8 Å². The molecule has 5 heteroatoms. The van der Waals surface area contributed by atoms with Crippen molar-refractivity contribution in [2.75, 3.05) is 6.54 Å². The van der Waals surface area contributed by atoms with Crippen LogP contribution in [0.4, 0.5) is 0 Å². The Morgan fingerprint density at radius 1 is 1.41 bits per heavy atom. The lowest BCUT2D eigenvalue weighted by molar-refractivity contribution is -0.138. The Hall–Kier alpha value is -2.32. The number of benzene rings is 1. The van der Waals surface area contributed by atoms with Crippen molar-refractivity contribution in [2.45, 2.75) is 38.7 Å². The Bertz CT molecular complexity index is 641. The predicted molar refractivity (Wildman–Crippen MR) is 83.3 cm³/mol. The maximum Gasteiger partial charge on any atom is 0.267 e. The lowest BCUT2D eigenvalue weighted by atomic mass is 9.97. The van der Waals surface area contributed by atoms with Crippen LogP contribution in [0.3, 0.4) is 0 Å². The molecule has 2 rings (SSSR count). The number of carbonyl (C=O) groups is 2. The molecule has 0 aromatic heterocycles. The van der Waals surface area contributed by atoms with Crippen molar-refractivity contribution in [1.29, 1.82) is 0 Å². The molecular formula is C17H20N2O3. The third kappa shape index (κ3) is 3.86. The molecule has 1 fully saturated rings. The van der Waals surface area contributed by atoms with E-state index >= 15 is 0 Å². The minimum atomic E-state index is -0.641. The smallest absolute Gasteiger partial charge is 0.267 e. The minimum absolute atomic E-state index is 0.255. The van der Waals surface area contributed by atoms with Crippen molar-refractivity contribution in [3.05, 3.63) is 29.3 Å². The van der Waals surface area contributed by atoms with Crippen molar-refractivity contribution in [1.82, 2.24) is 5.32 Å². The Morgan fingerprint density at radius 3 is 2.82 bits per heavy atom. The van der Waals surface area contributed by atoms with Gasteiger partial charge in [0.05, 0.1) is 6.54 Å². The normalized spacial score (nSPS) is 17.7. The molecule has 1 heterocycles. The van der Waals surface area contributed by atoms with E-state index in [9.17, 15) is 9.59 Å². The van der Waals surface area contributed by atoms with E-state index < -0.39 is 12.0 Å². The third-order valence-corrected chi connectivity index (χ3v) is 3.44. The van der Waals surface area contributed by atoms with Crippen LogP contribution in [0.25, 0.3) is 0 Å². The largest absolute Gasteiger partial charge is 0.481 e. The van der Waals surface area contributed by atoms with Crippen LogP contribution in [0.5, 0.6) is 5.75 Å². The van der Waals surface area contributed by atoms with Gasteiger partial charge in [0.2, 0.25) is 5.91 Å². The number of carbonyl (C=O) groups excluding carboxylic acids is 2. The van der Waals surface area contributed by atoms with Crippen molar-refractivity contribution in [3.8, 4) is 17.6 Å². The van der Waals surface area contributed by atoms with Gasteiger partial charge in [0.15, 0.2) is 6.10 Å². The van der Waals surface area contributed by atoms with Crippen molar-refractivity contribution >= 4 is 11.8 Å². The highest BCUT2D eigenvalue weighted by Crippen LogP contribution is 2.25. The first kappa shape index (κ1) is 16.1. The van der Waals surface area contributed by atoms with Gasteiger partial charge in [-0.2, -0.15) is 0 Å². The summed E-state index contributed by atoms with van der Waals surface area (Å²) in [5.74, 6) is 6.13. The highest BCUT2D eigenvalue weighted by Gasteiger charge is 2.28. The second-order valence-corrected chi connectivity index (χ2v) is 5.47. The average molecular weight is 300 g/mol. The number of piperidine rings is 1. The zero-order chi connectivity index (χ0) is 16.1. The standard InChI is InChI=1S/C17H20N2O3/c1-11(2)14-6-5-13(10-12(14)4-3-9-18)22-15-7-8-16(20)19-17(15)21/h5-6,10-11,15H,7-9,18H2,1-2H3,(H,19,20,21). The zero-order valence-corrected chi connectivity index (χ0v) is 12.8. The van der Waals surface area contributed by atoms with Crippen molar-refractivity contribution in [2.24, 2.45) is 5.73 Å². The summed E-state index contributed by atoms with van der Waals surface area (Å²) < 4.78 is 5.71. The van der Waals surface area contributed by atoms with Crippen molar-refractivity contribution in [3.63, 3.8) is 0 Å². The van der Waals surface area contributed by atoms with E-state index in [1.165, 1.54) is 0 Å².